The van der Waals surface area contributed by atoms with Gasteiger partial charge in [0.05, 0.1) is 31.0 Å². The molecule has 1 aliphatic carbocycles. The van der Waals surface area contributed by atoms with Crippen LogP contribution in [0.25, 0.3) is 0 Å². The Balaban J connectivity index is 1.64. The molecule has 1 atom stereocenters. The van der Waals surface area contributed by atoms with Gasteiger partial charge in [-0.3, -0.25) is 9.59 Å². The number of thioether (sulfide) groups is 1. The number of nitrogens with one attached hydrogen (secondary N) is 2. The molecule has 2 aliphatic rings. The first kappa shape index (κ1) is 27.7. The van der Waals surface area contributed by atoms with Gasteiger partial charge in [0.1, 0.15) is 21.0 Å². The van der Waals surface area contributed by atoms with Crippen LogP contribution < -0.4 is 21.1 Å². The third-order valence-corrected chi connectivity index (χ3v) is 8.83. The summed E-state index contributed by atoms with van der Waals surface area (Å²) in [5, 5.41) is 5.72. The number of aliphatic imine (C=N–C) groups is 1. The lowest BCUT2D eigenvalue weighted by Gasteiger charge is -2.13. The minimum Gasteiger partial charge on any atom is -0.497 e. The number of esters is 1. The second kappa shape index (κ2) is 12.5. The second-order valence-corrected chi connectivity index (χ2v) is 11.1. The SMILES string of the molecule is CCCCNC(=O)C1=C(N)C(C(=O)Nc2sc3c(c2C(=O)OC)CCCC3)SC1=Nc1ccc(OC)cc1. The molecule has 1 aliphatic heterocycles. The number of unbranched alkanes of at least 4 members (excludes halogenated alkanes) is 1. The molecule has 38 heavy (non-hydrogen) atoms. The van der Waals surface area contributed by atoms with Crippen LogP contribution >= 0.6 is 23.1 Å². The molecule has 1 aromatic heterocycles. The van der Waals surface area contributed by atoms with Gasteiger partial charge in [0.2, 0.25) is 5.91 Å². The van der Waals surface area contributed by atoms with Crippen LogP contribution in [0.15, 0.2) is 40.5 Å². The van der Waals surface area contributed by atoms with Crippen molar-refractivity contribution in [3.63, 3.8) is 0 Å². The summed E-state index contributed by atoms with van der Waals surface area (Å²) in [5.74, 6) is -0.583. The zero-order valence-electron chi connectivity index (χ0n) is 21.7. The highest BCUT2D eigenvalue weighted by Gasteiger charge is 2.39. The van der Waals surface area contributed by atoms with E-state index < -0.39 is 17.1 Å². The molecule has 0 radical (unpaired) electrons. The van der Waals surface area contributed by atoms with Crippen molar-refractivity contribution in [1.29, 1.82) is 0 Å². The van der Waals surface area contributed by atoms with Gasteiger partial charge >= 0.3 is 5.97 Å². The van der Waals surface area contributed by atoms with Crippen molar-refractivity contribution in [3.8, 4) is 5.75 Å². The first-order chi connectivity index (χ1) is 18.4. The van der Waals surface area contributed by atoms with E-state index in [9.17, 15) is 14.4 Å². The van der Waals surface area contributed by atoms with Crippen LogP contribution in [-0.2, 0) is 27.2 Å². The summed E-state index contributed by atoms with van der Waals surface area (Å²) in [6.45, 7) is 2.53. The van der Waals surface area contributed by atoms with Gasteiger partial charge in [0.25, 0.3) is 5.91 Å². The number of benzene rings is 1. The van der Waals surface area contributed by atoms with Crippen molar-refractivity contribution < 1.29 is 23.9 Å². The van der Waals surface area contributed by atoms with E-state index in [0.29, 0.717) is 33.6 Å². The average molecular weight is 557 g/mol. The molecule has 202 valence electrons. The normalized spacial score (nSPS) is 17.8. The molecular weight excluding hydrogens is 524 g/mol. The van der Waals surface area contributed by atoms with Crippen LogP contribution in [0, 0.1) is 0 Å². The predicted octanol–water partition coefficient (Wildman–Crippen LogP) is 4.34. The summed E-state index contributed by atoms with van der Waals surface area (Å²) in [4.78, 5) is 45.0. The number of ether oxygens (including phenoxy) is 2. The standard InChI is InChI=1S/C27H32N4O5S2/c1-4-5-14-29-23(32)20-21(28)22(38-26(20)30-15-10-12-16(35-2)13-11-15)24(33)31-25-19(27(34)36-3)17-8-6-7-9-18(17)37-25/h10-13,22H,4-9,14,28H2,1-3H3,(H,29,32)(H,31,33). The lowest BCUT2D eigenvalue weighted by molar-refractivity contribution is -0.117. The molecule has 0 spiro atoms. The second-order valence-electron chi connectivity index (χ2n) is 8.95. The highest BCUT2D eigenvalue weighted by Crippen LogP contribution is 2.40. The van der Waals surface area contributed by atoms with Crippen molar-refractivity contribution in [1.82, 2.24) is 5.32 Å². The summed E-state index contributed by atoms with van der Waals surface area (Å²) in [6, 6.07) is 7.07. The Morgan fingerprint density at radius 1 is 1.13 bits per heavy atom. The topological polar surface area (TPSA) is 132 Å². The molecule has 4 N–H and O–H groups in total. The largest absolute Gasteiger partial charge is 0.497 e. The number of hydrogen-bond donors (Lipinski definition) is 3. The van der Waals surface area contributed by atoms with Crippen molar-refractivity contribution in [2.24, 2.45) is 10.7 Å². The number of fused-ring (bicyclic) bond motifs is 1. The molecule has 0 saturated heterocycles. The van der Waals surface area contributed by atoms with Gasteiger partial charge in [-0.15, -0.1) is 11.3 Å². The fraction of sp³-hybridized carbons (Fsp3) is 0.407. The number of methoxy groups -OCH3 is 2. The maximum atomic E-state index is 13.5. The van der Waals surface area contributed by atoms with E-state index in [1.165, 1.54) is 18.4 Å². The number of nitrogens with two attached hydrogens (primary N) is 1. The highest BCUT2D eigenvalue weighted by molar-refractivity contribution is 8.16. The summed E-state index contributed by atoms with van der Waals surface area (Å²) >= 11 is 2.52. The summed E-state index contributed by atoms with van der Waals surface area (Å²) in [6.07, 6.45) is 5.40. The lowest BCUT2D eigenvalue weighted by atomic mass is 9.95. The van der Waals surface area contributed by atoms with Crippen LogP contribution in [0.3, 0.4) is 0 Å². The number of amides is 2. The van der Waals surface area contributed by atoms with E-state index >= 15 is 0 Å². The first-order valence-electron chi connectivity index (χ1n) is 12.6. The van der Waals surface area contributed by atoms with E-state index in [1.54, 1.807) is 31.4 Å². The molecule has 9 nitrogen and oxygen atoms in total. The van der Waals surface area contributed by atoms with Gasteiger partial charge < -0.3 is 25.8 Å². The van der Waals surface area contributed by atoms with Crippen LogP contribution in [0.5, 0.6) is 5.75 Å². The van der Waals surface area contributed by atoms with E-state index in [-0.39, 0.29) is 17.2 Å². The minimum atomic E-state index is -0.886. The van der Waals surface area contributed by atoms with Gasteiger partial charge in [-0.05, 0) is 61.9 Å². The smallest absolute Gasteiger partial charge is 0.341 e. The van der Waals surface area contributed by atoms with Crippen molar-refractivity contribution >= 4 is 56.6 Å². The monoisotopic (exact) mass is 556 g/mol. The van der Waals surface area contributed by atoms with Gasteiger partial charge in [0, 0.05) is 17.1 Å². The van der Waals surface area contributed by atoms with E-state index in [1.807, 2.05) is 6.92 Å². The molecular formula is C27H32N4O5S2. The molecule has 1 aromatic carbocycles. The maximum Gasteiger partial charge on any atom is 0.341 e. The van der Waals surface area contributed by atoms with Crippen LogP contribution in [0.2, 0.25) is 0 Å². The number of aryl methyl sites for hydroxylation is 1. The summed E-state index contributed by atoms with van der Waals surface area (Å²) < 4.78 is 10.2. The molecule has 2 aromatic rings. The number of carbonyl (C=O) groups is 3. The zero-order valence-corrected chi connectivity index (χ0v) is 23.4. The Hall–Kier alpha value is -3.31. The molecule has 0 fully saturated rings. The Morgan fingerprint density at radius 2 is 1.87 bits per heavy atom. The molecule has 11 heteroatoms. The molecule has 4 rings (SSSR count). The fourth-order valence-corrected chi connectivity index (χ4v) is 6.79. The van der Waals surface area contributed by atoms with Crippen molar-refractivity contribution in [2.45, 2.75) is 50.7 Å². The summed E-state index contributed by atoms with van der Waals surface area (Å²) in [5.41, 5.74) is 8.73. The molecule has 0 bridgehead atoms. The van der Waals surface area contributed by atoms with E-state index in [4.69, 9.17) is 15.2 Å². The van der Waals surface area contributed by atoms with Crippen molar-refractivity contribution in [2.75, 3.05) is 26.1 Å². The minimum absolute atomic E-state index is 0.134. The van der Waals surface area contributed by atoms with Gasteiger partial charge in [-0.2, -0.15) is 0 Å². The molecule has 0 saturated carbocycles. The van der Waals surface area contributed by atoms with Crippen LogP contribution in [-0.4, -0.2) is 48.8 Å². The number of carbonyl (C=O) groups excluding carboxylic acids is 3. The molecule has 1 unspecified atom stereocenters. The van der Waals surface area contributed by atoms with Crippen molar-refractivity contribution in [3.05, 3.63) is 51.5 Å². The number of rotatable bonds is 9. The Kier molecular flexibility index (Phi) is 9.11. The van der Waals surface area contributed by atoms with E-state index in [2.05, 4.69) is 15.6 Å². The Bertz CT molecular complexity index is 1280. The number of anilines is 1. The zero-order chi connectivity index (χ0) is 27.2. The number of nitrogens with zero attached hydrogens (tertiary/aromatic N) is 1. The van der Waals surface area contributed by atoms with Gasteiger partial charge in [-0.1, -0.05) is 25.1 Å². The highest BCUT2D eigenvalue weighted by atomic mass is 32.2. The fourth-order valence-electron chi connectivity index (χ4n) is 4.38. The predicted molar refractivity (Wildman–Crippen MR) is 152 cm³/mol. The van der Waals surface area contributed by atoms with Gasteiger partial charge in [-0.25, -0.2) is 9.79 Å². The Morgan fingerprint density at radius 3 is 2.55 bits per heavy atom. The van der Waals surface area contributed by atoms with Gasteiger partial charge in [0.15, 0.2) is 0 Å². The molecule has 2 amide bonds. The lowest BCUT2D eigenvalue weighted by Crippen LogP contribution is -2.32. The van der Waals surface area contributed by atoms with E-state index in [0.717, 1.165) is 60.7 Å². The Labute approximate surface area is 230 Å². The molecule has 2 heterocycles. The van der Waals surface area contributed by atoms with Crippen LogP contribution in [0.1, 0.15) is 53.4 Å². The average Bonchev–Trinajstić information content (AvgIpc) is 3.45. The third kappa shape index (κ3) is 5.88. The number of hydrogen-bond acceptors (Lipinski definition) is 9. The first-order valence-corrected chi connectivity index (χ1v) is 14.3. The maximum absolute atomic E-state index is 13.5. The summed E-state index contributed by atoms with van der Waals surface area (Å²) in [7, 11) is 2.91. The number of thiophene rings is 1. The third-order valence-electron chi connectivity index (χ3n) is 6.40. The van der Waals surface area contributed by atoms with Crippen LogP contribution in [0.4, 0.5) is 10.7 Å². The quantitative estimate of drug-likeness (QED) is 0.309.